The Morgan fingerprint density at radius 2 is 1.94 bits per heavy atom. The number of carbonyl (C=O) groups is 3. The minimum atomic E-state index is -0.504. The van der Waals surface area contributed by atoms with Crippen molar-refractivity contribution in [3.63, 3.8) is 0 Å². The Morgan fingerprint density at radius 3 is 2.72 bits per heavy atom. The van der Waals surface area contributed by atoms with Crippen LogP contribution in [0.25, 0.3) is 6.08 Å². The maximum absolute atomic E-state index is 12.7. The van der Waals surface area contributed by atoms with Crippen LogP contribution in [0.2, 0.25) is 0 Å². The second-order valence-electron chi connectivity index (χ2n) is 7.07. The highest BCUT2D eigenvalue weighted by molar-refractivity contribution is 8.18. The third kappa shape index (κ3) is 5.77. The second-order valence-corrected chi connectivity index (χ2v) is 8.06. The normalized spacial score (nSPS) is 14.5. The first-order valence-electron chi connectivity index (χ1n) is 10.3. The number of amides is 3. The van der Waals surface area contributed by atoms with E-state index in [9.17, 15) is 19.6 Å². The van der Waals surface area contributed by atoms with Gasteiger partial charge >= 0.3 is 0 Å². The van der Waals surface area contributed by atoms with Gasteiger partial charge in [0.15, 0.2) is 0 Å². The third-order valence-corrected chi connectivity index (χ3v) is 5.66. The average Bonchev–Trinajstić information content (AvgIpc) is 3.06. The molecule has 0 unspecified atom stereocenters. The lowest BCUT2D eigenvalue weighted by atomic mass is 10.1. The average molecular weight is 450 g/mol. The van der Waals surface area contributed by atoms with Crippen LogP contribution in [0, 0.1) is 11.3 Å². The molecular weight excluding hydrogens is 426 g/mol. The molecule has 1 heterocycles. The highest BCUT2D eigenvalue weighted by Crippen LogP contribution is 2.34. The smallest absolute Gasteiger partial charge is 0.294 e. The van der Waals surface area contributed by atoms with Crippen molar-refractivity contribution < 1.29 is 19.1 Å². The second kappa shape index (κ2) is 11.2. The fourth-order valence-electron chi connectivity index (χ4n) is 3.02. The number of unbranched alkanes of at least 4 members (excludes halogenated alkanes) is 1. The predicted octanol–water partition coefficient (Wildman–Crippen LogP) is 4.09. The van der Waals surface area contributed by atoms with Crippen LogP contribution < -0.4 is 10.1 Å². The van der Waals surface area contributed by atoms with Crippen molar-refractivity contribution in [3.8, 4) is 11.8 Å². The molecular formula is C24H23N3O4S. The Hall–Kier alpha value is -3.57. The van der Waals surface area contributed by atoms with E-state index in [1.54, 1.807) is 42.5 Å². The number of thioether (sulfide) groups is 1. The van der Waals surface area contributed by atoms with Gasteiger partial charge in [-0.15, -0.1) is 0 Å². The minimum absolute atomic E-state index is 0.188. The van der Waals surface area contributed by atoms with Crippen molar-refractivity contribution in [3.05, 3.63) is 70.1 Å². The maximum atomic E-state index is 12.7. The molecule has 1 saturated heterocycles. The number of imide groups is 1. The molecule has 0 bridgehead atoms. The van der Waals surface area contributed by atoms with Crippen molar-refractivity contribution in [2.45, 2.75) is 26.4 Å². The summed E-state index contributed by atoms with van der Waals surface area (Å²) in [5.41, 5.74) is 1.90. The molecule has 8 heteroatoms. The van der Waals surface area contributed by atoms with Crippen molar-refractivity contribution in [1.29, 1.82) is 5.26 Å². The molecule has 2 aromatic carbocycles. The van der Waals surface area contributed by atoms with Gasteiger partial charge in [0, 0.05) is 17.7 Å². The van der Waals surface area contributed by atoms with Gasteiger partial charge in [-0.3, -0.25) is 19.3 Å². The van der Waals surface area contributed by atoms with Crippen LogP contribution in [0.15, 0.2) is 53.4 Å². The number of nitriles is 1. The zero-order valence-electron chi connectivity index (χ0n) is 17.7. The van der Waals surface area contributed by atoms with E-state index in [1.807, 2.05) is 19.1 Å². The van der Waals surface area contributed by atoms with E-state index in [2.05, 4.69) is 11.4 Å². The minimum Gasteiger partial charge on any atom is -0.488 e. The molecule has 3 amide bonds. The summed E-state index contributed by atoms with van der Waals surface area (Å²) in [6, 6.07) is 16.4. The summed E-state index contributed by atoms with van der Waals surface area (Å²) in [6.45, 7) is 2.42. The quantitative estimate of drug-likeness (QED) is 0.457. The lowest BCUT2D eigenvalue weighted by Crippen LogP contribution is -2.39. The predicted molar refractivity (Wildman–Crippen MR) is 123 cm³/mol. The summed E-state index contributed by atoms with van der Waals surface area (Å²) in [4.78, 5) is 38.2. The largest absolute Gasteiger partial charge is 0.488 e. The van der Waals surface area contributed by atoms with Gasteiger partial charge in [-0.25, -0.2) is 0 Å². The molecule has 3 rings (SSSR count). The Bertz CT molecular complexity index is 1090. The van der Waals surface area contributed by atoms with Gasteiger partial charge in [0.1, 0.15) is 18.9 Å². The number of nitrogens with one attached hydrogen (secondary N) is 1. The van der Waals surface area contributed by atoms with Crippen LogP contribution >= 0.6 is 11.8 Å². The molecule has 7 nitrogen and oxygen atoms in total. The summed E-state index contributed by atoms with van der Waals surface area (Å²) >= 11 is 0.796. The summed E-state index contributed by atoms with van der Waals surface area (Å²) in [5, 5.41) is 11.5. The first-order valence-corrected chi connectivity index (χ1v) is 11.1. The first kappa shape index (κ1) is 23.1. The fourth-order valence-corrected chi connectivity index (χ4v) is 3.85. The zero-order chi connectivity index (χ0) is 22.9. The van der Waals surface area contributed by atoms with Crippen LogP contribution in [0.4, 0.5) is 4.79 Å². The summed E-state index contributed by atoms with van der Waals surface area (Å²) in [7, 11) is 0. The molecule has 0 aromatic heterocycles. The van der Waals surface area contributed by atoms with Crippen LogP contribution in [-0.4, -0.2) is 35.0 Å². The van der Waals surface area contributed by atoms with Crippen LogP contribution in [0.1, 0.15) is 36.5 Å². The van der Waals surface area contributed by atoms with Gasteiger partial charge in [-0.1, -0.05) is 49.7 Å². The Labute approximate surface area is 191 Å². The molecule has 32 heavy (non-hydrogen) atoms. The van der Waals surface area contributed by atoms with E-state index in [0.717, 1.165) is 35.1 Å². The Balaban J connectivity index is 1.72. The van der Waals surface area contributed by atoms with E-state index in [1.165, 1.54) is 0 Å². The molecule has 164 valence electrons. The fraction of sp³-hybridized carbons (Fsp3) is 0.250. The van der Waals surface area contributed by atoms with Crippen LogP contribution in [0.5, 0.6) is 5.75 Å². The molecule has 0 radical (unpaired) electrons. The number of carbonyl (C=O) groups excluding carboxylic acids is 3. The van der Waals surface area contributed by atoms with Crippen LogP contribution in [-0.2, 0) is 16.2 Å². The number of rotatable bonds is 9. The highest BCUT2D eigenvalue weighted by Gasteiger charge is 2.36. The van der Waals surface area contributed by atoms with Crippen molar-refractivity contribution >= 4 is 34.9 Å². The monoisotopic (exact) mass is 449 g/mol. The van der Waals surface area contributed by atoms with Gasteiger partial charge in [-0.05, 0) is 36.4 Å². The first-order chi connectivity index (χ1) is 15.5. The SMILES string of the molecule is CCCCNC(=O)CN1C(=O)S/C(=C\c2ccccc2OCc2ccccc2C#N)C1=O. The molecule has 1 fully saturated rings. The van der Waals surface area contributed by atoms with E-state index in [0.29, 0.717) is 23.4 Å². The van der Waals surface area contributed by atoms with Gasteiger partial charge in [-0.2, -0.15) is 5.26 Å². The van der Waals surface area contributed by atoms with Crippen molar-refractivity contribution in [2.24, 2.45) is 0 Å². The zero-order valence-corrected chi connectivity index (χ0v) is 18.5. The van der Waals surface area contributed by atoms with Gasteiger partial charge < -0.3 is 10.1 Å². The van der Waals surface area contributed by atoms with E-state index in [4.69, 9.17) is 4.74 Å². The van der Waals surface area contributed by atoms with Gasteiger partial charge in [0.25, 0.3) is 11.1 Å². The number of para-hydroxylation sites is 1. The molecule has 2 aromatic rings. The number of nitrogens with zero attached hydrogens (tertiary/aromatic N) is 2. The molecule has 1 aliphatic heterocycles. The van der Waals surface area contributed by atoms with Crippen molar-refractivity contribution in [1.82, 2.24) is 10.2 Å². The standard InChI is InChI=1S/C24H23N3O4S/c1-2-3-12-26-22(28)15-27-23(29)21(32-24(27)30)13-17-8-6-7-11-20(17)31-16-19-10-5-4-9-18(19)14-25/h4-11,13H,2-3,12,15-16H2,1H3,(H,26,28)/b21-13-. The lowest BCUT2D eigenvalue weighted by Gasteiger charge is -2.12. The number of hydrogen-bond donors (Lipinski definition) is 1. The van der Waals surface area contributed by atoms with Crippen molar-refractivity contribution in [2.75, 3.05) is 13.1 Å². The highest BCUT2D eigenvalue weighted by atomic mass is 32.2. The number of hydrogen-bond acceptors (Lipinski definition) is 6. The number of benzene rings is 2. The van der Waals surface area contributed by atoms with E-state index >= 15 is 0 Å². The summed E-state index contributed by atoms with van der Waals surface area (Å²) in [5.74, 6) is -0.346. The molecule has 1 N–H and O–H groups in total. The molecule has 0 aliphatic carbocycles. The maximum Gasteiger partial charge on any atom is 0.294 e. The van der Waals surface area contributed by atoms with Gasteiger partial charge in [0.2, 0.25) is 5.91 Å². The lowest BCUT2D eigenvalue weighted by molar-refractivity contribution is -0.129. The van der Waals surface area contributed by atoms with E-state index in [-0.39, 0.29) is 24.0 Å². The molecule has 1 aliphatic rings. The number of ether oxygens (including phenoxy) is 1. The Morgan fingerprint density at radius 1 is 1.19 bits per heavy atom. The third-order valence-electron chi connectivity index (χ3n) is 4.75. The van der Waals surface area contributed by atoms with E-state index < -0.39 is 11.1 Å². The molecule has 0 spiro atoms. The summed E-state index contributed by atoms with van der Waals surface area (Å²) < 4.78 is 5.91. The van der Waals surface area contributed by atoms with Crippen LogP contribution in [0.3, 0.4) is 0 Å². The molecule has 0 saturated carbocycles. The summed E-state index contributed by atoms with van der Waals surface area (Å²) in [6.07, 6.45) is 3.36. The molecule has 0 atom stereocenters. The Kier molecular flexibility index (Phi) is 8.06. The van der Waals surface area contributed by atoms with Gasteiger partial charge in [0.05, 0.1) is 16.5 Å². The topological polar surface area (TPSA) is 99.5 Å².